The minimum absolute atomic E-state index is 0.100. The number of nitrogens with one attached hydrogen (secondary N) is 2. The van der Waals surface area contributed by atoms with Crippen LogP contribution in [0.15, 0.2) is 24.4 Å². The van der Waals surface area contributed by atoms with Gasteiger partial charge in [-0.3, -0.25) is 4.68 Å². The summed E-state index contributed by atoms with van der Waals surface area (Å²) in [4.78, 5) is 8.92. The van der Waals surface area contributed by atoms with Crippen LogP contribution in [0.5, 0.6) is 0 Å². The maximum absolute atomic E-state index is 13.5. The van der Waals surface area contributed by atoms with E-state index in [0.29, 0.717) is 23.6 Å². The largest absolute Gasteiger partial charge is 0.393 e. The number of nitrogens with zero attached hydrogens (tertiary/aromatic N) is 4. The van der Waals surface area contributed by atoms with Gasteiger partial charge in [0.25, 0.3) is 0 Å². The summed E-state index contributed by atoms with van der Waals surface area (Å²) in [5.74, 6) is -1.02. The Hall–Kier alpha value is -2.81. The van der Waals surface area contributed by atoms with E-state index in [1.807, 2.05) is 0 Å². The predicted octanol–water partition coefficient (Wildman–Crippen LogP) is 3.10. The number of aliphatic hydroxyl groups is 1. The van der Waals surface area contributed by atoms with Crippen LogP contribution < -0.4 is 10.6 Å². The molecule has 27 heavy (non-hydrogen) atoms. The molecule has 2 unspecified atom stereocenters. The molecule has 3 N–H and O–H groups in total. The molecule has 0 saturated heterocycles. The highest BCUT2D eigenvalue weighted by molar-refractivity contribution is 5.87. The van der Waals surface area contributed by atoms with Gasteiger partial charge in [-0.2, -0.15) is 15.1 Å². The van der Waals surface area contributed by atoms with Crippen LogP contribution in [-0.2, 0) is 7.05 Å². The van der Waals surface area contributed by atoms with Crippen LogP contribution in [0.4, 0.5) is 26.2 Å². The minimum atomic E-state index is -0.948. The van der Waals surface area contributed by atoms with Gasteiger partial charge >= 0.3 is 0 Å². The van der Waals surface area contributed by atoms with Crippen molar-refractivity contribution in [2.75, 3.05) is 10.6 Å². The van der Waals surface area contributed by atoms with Crippen LogP contribution in [0.25, 0.3) is 11.0 Å². The van der Waals surface area contributed by atoms with E-state index in [4.69, 9.17) is 0 Å². The van der Waals surface area contributed by atoms with Crippen molar-refractivity contribution < 1.29 is 13.9 Å². The highest BCUT2D eigenvalue weighted by Crippen LogP contribution is 2.27. The Labute approximate surface area is 154 Å². The van der Waals surface area contributed by atoms with Crippen molar-refractivity contribution in [2.24, 2.45) is 7.05 Å². The normalized spacial score (nSPS) is 20.0. The van der Waals surface area contributed by atoms with Gasteiger partial charge in [-0.1, -0.05) is 0 Å². The first-order chi connectivity index (χ1) is 13.0. The van der Waals surface area contributed by atoms with E-state index in [1.165, 1.54) is 6.07 Å². The Morgan fingerprint density at radius 1 is 1.19 bits per heavy atom. The summed E-state index contributed by atoms with van der Waals surface area (Å²) in [6, 6.07) is 3.61. The average molecular weight is 374 g/mol. The fraction of sp³-hybridized carbons (Fsp3) is 0.389. The van der Waals surface area contributed by atoms with Crippen molar-refractivity contribution in [2.45, 2.75) is 37.8 Å². The van der Waals surface area contributed by atoms with Crippen LogP contribution in [-0.4, -0.2) is 37.0 Å². The number of fused-ring (bicyclic) bond motifs is 1. The number of hydrogen-bond donors (Lipinski definition) is 3. The van der Waals surface area contributed by atoms with Crippen molar-refractivity contribution in [3.8, 4) is 0 Å². The molecule has 2 heterocycles. The number of rotatable bonds is 4. The molecule has 7 nitrogen and oxygen atoms in total. The van der Waals surface area contributed by atoms with E-state index in [9.17, 15) is 13.9 Å². The first kappa shape index (κ1) is 17.6. The Balaban J connectivity index is 1.66. The maximum Gasteiger partial charge on any atom is 0.231 e. The van der Waals surface area contributed by atoms with Crippen molar-refractivity contribution in [1.29, 1.82) is 0 Å². The van der Waals surface area contributed by atoms with E-state index >= 15 is 0 Å². The first-order valence-electron chi connectivity index (χ1n) is 8.86. The fourth-order valence-electron chi connectivity index (χ4n) is 3.38. The number of aliphatic hydroxyl groups excluding tert-OH is 1. The lowest BCUT2D eigenvalue weighted by molar-refractivity contribution is 0.124. The third-order valence-corrected chi connectivity index (χ3v) is 4.76. The Morgan fingerprint density at radius 2 is 2.04 bits per heavy atom. The van der Waals surface area contributed by atoms with Crippen LogP contribution in [0.1, 0.15) is 25.7 Å². The lowest BCUT2D eigenvalue weighted by Gasteiger charge is -2.27. The first-order valence-corrected chi connectivity index (χ1v) is 8.86. The van der Waals surface area contributed by atoms with Gasteiger partial charge in [0.1, 0.15) is 5.82 Å². The zero-order chi connectivity index (χ0) is 19.0. The Morgan fingerprint density at radius 3 is 2.81 bits per heavy atom. The summed E-state index contributed by atoms with van der Waals surface area (Å²) in [6.07, 6.45) is 4.71. The smallest absolute Gasteiger partial charge is 0.231 e. The molecule has 0 amide bonds. The summed E-state index contributed by atoms with van der Waals surface area (Å²) >= 11 is 0. The topological polar surface area (TPSA) is 87.9 Å². The van der Waals surface area contributed by atoms with Gasteiger partial charge in [-0.05, 0) is 37.8 Å². The molecule has 1 fully saturated rings. The van der Waals surface area contributed by atoms with Gasteiger partial charge in [-0.25, -0.2) is 8.78 Å². The van der Waals surface area contributed by atoms with Gasteiger partial charge in [0.05, 0.1) is 17.7 Å². The fourth-order valence-corrected chi connectivity index (χ4v) is 3.38. The van der Waals surface area contributed by atoms with Crippen LogP contribution in [0, 0.1) is 11.6 Å². The molecule has 0 aliphatic heterocycles. The van der Waals surface area contributed by atoms with E-state index < -0.39 is 11.6 Å². The molecule has 2 atom stereocenters. The second kappa shape index (κ2) is 7.07. The average Bonchev–Trinajstić information content (AvgIpc) is 3.00. The van der Waals surface area contributed by atoms with Gasteiger partial charge in [-0.15, -0.1) is 0 Å². The van der Waals surface area contributed by atoms with Crippen molar-refractivity contribution in [3.05, 3.63) is 36.0 Å². The maximum atomic E-state index is 13.5. The molecule has 0 bridgehead atoms. The Bertz CT molecular complexity index is 976. The molecule has 1 aliphatic rings. The van der Waals surface area contributed by atoms with Crippen LogP contribution >= 0.6 is 0 Å². The quantitative estimate of drug-likeness (QED) is 0.650. The predicted molar refractivity (Wildman–Crippen MR) is 97.8 cm³/mol. The molecular formula is C18H20F2N6O. The number of halogens is 2. The SMILES string of the molecule is Cn1ncc2c(NC3CCCC(O)C3)nc(Nc3ccc(F)c(F)c3)nc21. The number of aryl methyl sites for hydroxylation is 1. The van der Waals surface area contributed by atoms with Crippen molar-refractivity contribution in [3.63, 3.8) is 0 Å². The van der Waals surface area contributed by atoms with Crippen LogP contribution in [0.2, 0.25) is 0 Å². The summed E-state index contributed by atoms with van der Waals surface area (Å²) in [5.41, 5.74) is 0.948. The summed E-state index contributed by atoms with van der Waals surface area (Å²) < 4.78 is 28.2. The molecule has 9 heteroatoms. The highest BCUT2D eigenvalue weighted by Gasteiger charge is 2.22. The number of hydrogen-bond acceptors (Lipinski definition) is 6. The van der Waals surface area contributed by atoms with E-state index in [-0.39, 0.29) is 18.1 Å². The van der Waals surface area contributed by atoms with E-state index in [0.717, 1.165) is 36.8 Å². The molecular weight excluding hydrogens is 354 g/mol. The van der Waals surface area contributed by atoms with Crippen LogP contribution in [0.3, 0.4) is 0 Å². The molecule has 0 spiro atoms. The summed E-state index contributed by atoms with van der Waals surface area (Å²) in [7, 11) is 1.77. The lowest BCUT2D eigenvalue weighted by atomic mass is 9.93. The van der Waals surface area contributed by atoms with Gasteiger partial charge in [0.15, 0.2) is 17.3 Å². The van der Waals surface area contributed by atoms with E-state index in [2.05, 4.69) is 25.7 Å². The third kappa shape index (κ3) is 3.68. The van der Waals surface area contributed by atoms with Gasteiger partial charge in [0, 0.05) is 24.8 Å². The standard InChI is InChI=1S/C18H20F2N6O/c1-26-17-13(9-21-26)16(22-10-3-2-4-12(27)7-10)24-18(25-17)23-11-5-6-14(19)15(20)8-11/h5-6,8-10,12,27H,2-4,7H2,1H3,(H2,22,23,24,25). The number of anilines is 3. The number of benzene rings is 1. The number of aromatic nitrogens is 4. The monoisotopic (exact) mass is 374 g/mol. The lowest BCUT2D eigenvalue weighted by Crippen LogP contribution is -2.30. The van der Waals surface area contributed by atoms with Crippen molar-refractivity contribution >= 4 is 28.5 Å². The van der Waals surface area contributed by atoms with Crippen molar-refractivity contribution in [1.82, 2.24) is 19.7 Å². The molecule has 2 aromatic heterocycles. The highest BCUT2D eigenvalue weighted by atomic mass is 19.2. The summed E-state index contributed by atoms with van der Waals surface area (Å²) in [5, 5.41) is 21.2. The zero-order valence-electron chi connectivity index (χ0n) is 14.8. The summed E-state index contributed by atoms with van der Waals surface area (Å²) in [6.45, 7) is 0. The second-order valence-electron chi connectivity index (χ2n) is 6.82. The molecule has 1 aliphatic carbocycles. The molecule has 1 aromatic carbocycles. The Kier molecular flexibility index (Phi) is 4.61. The minimum Gasteiger partial charge on any atom is -0.393 e. The second-order valence-corrected chi connectivity index (χ2v) is 6.82. The van der Waals surface area contributed by atoms with E-state index in [1.54, 1.807) is 17.9 Å². The third-order valence-electron chi connectivity index (χ3n) is 4.76. The zero-order valence-corrected chi connectivity index (χ0v) is 14.8. The molecule has 1 saturated carbocycles. The van der Waals surface area contributed by atoms with Gasteiger partial charge in [0.2, 0.25) is 5.95 Å². The molecule has 4 rings (SSSR count). The molecule has 142 valence electrons. The molecule has 0 radical (unpaired) electrons. The van der Waals surface area contributed by atoms with Gasteiger partial charge < -0.3 is 15.7 Å². The molecule has 3 aromatic rings.